The minimum atomic E-state index is -0.506. The van der Waals surface area contributed by atoms with E-state index in [9.17, 15) is 14.4 Å². The van der Waals surface area contributed by atoms with Gasteiger partial charge < -0.3 is 16.0 Å². The van der Waals surface area contributed by atoms with Crippen LogP contribution in [0.2, 0.25) is 0 Å². The Hall–Kier alpha value is -3.42. The molecule has 3 rings (SSSR count). The van der Waals surface area contributed by atoms with E-state index in [0.717, 1.165) is 29.8 Å². The van der Waals surface area contributed by atoms with Gasteiger partial charge in [-0.3, -0.25) is 19.1 Å². The average molecular weight is 395 g/mol. The third-order valence-electron chi connectivity index (χ3n) is 4.87. The molecule has 0 saturated carbocycles. The third-order valence-corrected chi connectivity index (χ3v) is 4.87. The fraction of sp³-hybridized carbons (Fsp3) is 0.333. The Bertz CT molecular complexity index is 917. The van der Waals surface area contributed by atoms with Crippen LogP contribution in [0, 0.1) is 5.92 Å². The molecule has 1 aliphatic rings. The SMILES string of the molecule is Cn1cc(CC(CNC(=O)/C=C/c2ccc(N3CCCC3=O)cc2)C(N)=O)cn1. The average Bonchev–Trinajstić information content (AvgIpc) is 3.31. The number of carbonyl (C=O) groups excluding carboxylic acids is 3. The highest BCUT2D eigenvalue weighted by molar-refractivity contribution is 5.95. The van der Waals surface area contributed by atoms with E-state index in [4.69, 9.17) is 5.73 Å². The quantitative estimate of drug-likeness (QED) is 0.650. The third kappa shape index (κ3) is 5.54. The lowest BCUT2D eigenvalue weighted by molar-refractivity contribution is -0.122. The summed E-state index contributed by atoms with van der Waals surface area (Å²) in [5, 5.41) is 6.78. The molecule has 2 heterocycles. The number of primary amides is 1. The van der Waals surface area contributed by atoms with Crippen molar-refractivity contribution in [2.75, 3.05) is 18.0 Å². The molecule has 8 nitrogen and oxygen atoms in total. The van der Waals surface area contributed by atoms with Crippen molar-refractivity contribution in [2.45, 2.75) is 19.3 Å². The van der Waals surface area contributed by atoms with Crippen molar-refractivity contribution in [1.29, 1.82) is 0 Å². The van der Waals surface area contributed by atoms with Crippen molar-refractivity contribution in [3.63, 3.8) is 0 Å². The minimum Gasteiger partial charge on any atom is -0.369 e. The van der Waals surface area contributed by atoms with Crippen LogP contribution in [0.5, 0.6) is 0 Å². The Morgan fingerprint density at radius 3 is 2.66 bits per heavy atom. The molecule has 0 aliphatic carbocycles. The van der Waals surface area contributed by atoms with E-state index in [2.05, 4.69) is 10.4 Å². The fourth-order valence-corrected chi connectivity index (χ4v) is 3.28. The minimum absolute atomic E-state index is 0.142. The summed E-state index contributed by atoms with van der Waals surface area (Å²) in [5.41, 5.74) is 8.06. The van der Waals surface area contributed by atoms with Gasteiger partial charge >= 0.3 is 0 Å². The van der Waals surface area contributed by atoms with Gasteiger partial charge in [-0.2, -0.15) is 5.10 Å². The number of amides is 3. The number of hydrogen-bond acceptors (Lipinski definition) is 4. The van der Waals surface area contributed by atoms with E-state index < -0.39 is 11.8 Å². The summed E-state index contributed by atoms with van der Waals surface area (Å²) in [6, 6.07) is 7.47. The van der Waals surface area contributed by atoms with E-state index in [1.165, 1.54) is 6.08 Å². The highest BCUT2D eigenvalue weighted by atomic mass is 16.2. The number of nitrogens with two attached hydrogens (primary N) is 1. The van der Waals surface area contributed by atoms with Gasteiger partial charge in [0.05, 0.1) is 12.1 Å². The van der Waals surface area contributed by atoms with Gasteiger partial charge in [0.25, 0.3) is 0 Å². The first-order valence-corrected chi connectivity index (χ1v) is 9.55. The summed E-state index contributed by atoms with van der Waals surface area (Å²) < 4.78 is 1.65. The Morgan fingerprint density at radius 1 is 1.31 bits per heavy atom. The number of nitrogens with one attached hydrogen (secondary N) is 1. The maximum atomic E-state index is 12.1. The monoisotopic (exact) mass is 395 g/mol. The highest BCUT2D eigenvalue weighted by Gasteiger charge is 2.21. The number of rotatable bonds is 8. The summed E-state index contributed by atoms with van der Waals surface area (Å²) in [4.78, 5) is 37.3. The molecule has 2 aromatic rings. The lowest BCUT2D eigenvalue weighted by atomic mass is 10.0. The molecule has 1 fully saturated rings. The predicted octanol–water partition coefficient (Wildman–Crippen LogP) is 1.02. The molecular weight excluding hydrogens is 370 g/mol. The lowest BCUT2D eigenvalue weighted by Gasteiger charge is -2.15. The van der Waals surface area contributed by atoms with E-state index in [0.29, 0.717) is 12.8 Å². The van der Waals surface area contributed by atoms with Gasteiger partial charge in [0.15, 0.2) is 0 Å². The largest absolute Gasteiger partial charge is 0.369 e. The number of anilines is 1. The van der Waals surface area contributed by atoms with Crippen LogP contribution in [0.1, 0.15) is 24.0 Å². The van der Waals surface area contributed by atoms with E-state index in [1.807, 2.05) is 30.5 Å². The van der Waals surface area contributed by atoms with Gasteiger partial charge in [0.2, 0.25) is 17.7 Å². The first-order valence-electron chi connectivity index (χ1n) is 9.55. The van der Waals surface area contributed by atoms with Crippen LogP contribution in [0.15, 0.2) is 42.7 Å². The maximum absolute atomic E-state index is 12.1. The Balaban J connectivity index is 1.51. The highest BCUT2D eigenvalue weighted by Crippen LogP contribution is 2.21. The van der Waals surface area contributed by atoms with Crippen molar-refractivity contribution >= 4 is 29.5 Å². The molecule has 0 radical (unpaired) electrons. The molecule has 1 unspecified atom stereocenters. The van der Waals surface area contributed by atoms with E-state index in [1.54, 1.807) is 28.9 Å². The number of aryl methyl sites for hydroxylation is 1. The number of carbonyl (C=O) groups is 3. The van der Waals surface area contributed by atoms with Crippen LogP contribution in [-0.2, 0) is 27.9 Å². The van der Waals surface area contributed by atoms with Gasteiger partial charge in [0.1, 0.15) is 0 Å². The normalized spacial score (nSPS) is 15.1. The summed E-state index contributed by atoms with van der Waals surface area (Å²) in [5.74, 6) is -1.14. The number of nitrogens with zero attached hydrogens (tertiary/aromatic N) is 3. The zero-order chi connectivity index (χ0) is 20.8. The second kappa shape index (κ2) is 9.18. The van der Waals surface area contributed by atoms with Crippen LogP contribution < -0.4 is 16.0 Å². The summed E-state index contributed by atoms with van der Waals surface area (Å²) in [7, 11) is 1.80. The predicted molar refractivity (Wildman–Crippen MR) is 110 cm³/mol. The molecule has 1 aromatic carbocycles. The number of hydrogen-bond donors (Lipinski definition) is 2. The Labute approximate surface area is 169 Å². The molecule has 1 aromatic heterocycles. The fourth-order valence-electron chi connectivity index (χ4n) is 3.28. The zero-order valence-electron chi connectivity index (χ0n) is 16.4. The first-order chi connectivity index (χ1) is 13.9. The van der Waals surface area contributed by atoms with Gasteiger partial charge in [0, 0.05) is 44.5 Å². The van der Waals surface area contributed by atoms with Crippen LogP contribution in [-0.4, -0.2) is 40.6 Å². The molecule has 3 N–H and O–H groups in total. The van der Waals surface area contributed by atoms with Gasteiger partial charge in [-0.1, -0.05) is 12.1 Å². The molecule has 152 valence electrons. The van der Waals surface area contributed by atoms with E-state index in [-0.39, 0.29) is 18.4 Å². The molecule has 1 aliphatic heterocycles. The molecule has 29 heavy (non-hydrogen) atoms. The van der Waals surface area contributed by atoms with Crippen LogP contribution >= 0.6 is 0 Å². The molecule has 0 bridgehead atoms. The van der Waals surface area contributed by atoms with Crippen LogP contribution in [0.3, 0.4) is 0 Å². The second-order valence-corrected chi connectivity index (χ2v) is 7.14. The van der Waals surface area contributed by atoms with Crippen molar-refractivity contribution in [3.05, 3.63) is 53.9 Å². The van der Waals surface area contributed by atoms with Crippen molar-refractivity contribution in [2.24, 2.45) is 18.7 Å². The van der Waals surface area contributed by atoms with Gasteiger partial charge in [-0.05, 0) is 42.2 Å². The smallest absolute Gasteiger partial charge is 0.244 e. The van der Waals surface area contributed by atoms with Crippen LogP contribution in [0.25, 0.3) is 6.08 Å². The molecule has 1 atom stereocenters. The van der Waals surface area contributed by atoms with E-state index >= 15 is 0 Å². The number of benzene rings is 1. The van der Waals surface area contributed by atoms with Crippen molar-refractivity contribution in [3.8, 4) is 0 Å². The summed E-state index contributed by atoms with van der Waals surface area (Å²) in [6.07, 6.45) is 8.49. The first kappa shape index (κ1) is 20.3. The standard InChI is InChI=1S/C21H25N5O3/c1-25-14-16(12-24-25)11-17(21(22)29)13-23-19(27)9-6-15-4-7-18(8-5-15)26-10-2-3-20(26)28/h4-9,12,14,17H,2-3,10-11,13H2,1H3,(H2,22,29)(H,23,27)/b9-6+. The molecular formula is C21H25N5O3. The van der Waals surface area contributed by atoms with Gasteiger partial charge in [-0.25, -0.2) is 0 Å². The molecule has 1 saturated heterocycles. The number of aromatic nitrogens is 2. The lowest BCUT2D eigenvalue weighted by Crippen LogP contribution is -2.36. The van der Waals surface area contributed by atoms with Gasteiger partial charge in [-0.15, -0.1) is 0 Å². The summed E-state index contributed by atoms with van der Waals surface area (Å²) in [6.45, 7) is 0.903. The molecule has 3 amide bonds. The van der Waals surface area contributed by atoms with Crippen molar-refractivity contribution in [1.82, 2.24) is 15.1 Å². The molecule has 0 spiro atoms. The van der Waals surface area contributed by atoms with Crippen molar-refractivity contribution < 1.29 is 14.4 Å². The maximum Gasteiger partial charge on any atom is 0.244 e. The Morgan fingerprint density at radius 2 is 2.07 bits per heavy atom. The zero-order valence-corrected chi connectivity index (χ0v) is 16.4. The Kier molecular flexibility index (Phi) is 6.43. The topological polar surface area (TPSA) is 110 Å². The van der Waals surface area contributed by atoms with Crippen LogP contribution in [0.4, 0.5) is 5.69 Å². The molecule has 8 heteroatoms. The summed E-state index contributed by atoms with van der Waals surface area (Å²) >= 11 is 0. The second-order valence-electron chi connectivity index (χ2n) is 7.14.